The Morgan fingerprint density at radius 2 is 1.50 bits per heavy atom. The second kappa shape index (κ2) is 5.81. The van der Waals surface area contributed by atoms with Crippen LogP contribution >= 0.6 is 11.6 Å². The highest BCUT2D eigenvalue weighted by Gasteiger charge is 2.16. The summed E-state index contributed by atoms with van der Waals surface area (Å²) in [5.41, 5.74) is 0.436. The second-order valence-corrected chi connectivity index (χ2v) is 6.17. The summed E-state index contributed by atoms with van der Waals surface area (Å²) in [5, 5.41) is 6.80. The maximum atomic E-state index is 12.3. The average molecular weight is 335 g/mol. The van der Waals surface area contributed by atoms with Crippen molar-refractivity contribution >= 4 is 49.9 Å². The molecule has 0 aliphatic rings. The van der Waals surface area contributed by atoms with Crippen LogP contribution in [-0.4, -0.2) is 12.6 Å². The summed E-state index contributed by atoms with van der Waals surface area (Å²) in [6, 6.07) is 20.4. The zero-order valence-electron chi connectivity index (χ0n) is 13.2. The number of hydrogen-bond donors (Lipinski definition) is 0. The van der Waals surface area contributed by atoms with Crippen molar-refractivity contribution in [3.05, 3.63) is 71.2 Å². The van der Waals surface area contributed by atoms with Gasteiger partial charge in [-0.25, -0.2) is 4.79 Å². The Morgan fingerprint density at radius 3 is 2.17 bits per heavy atom. The summed E-state index contributed by atoms with van der Waals surface area (Å²) in [7, 11) is 0. The summed E-state index contributed by atoms with van der Waals surface area (Å²) >= 11 is 6.28. The van der Waals surface area contributed by atoms with E-state index in [1.54, 1.807) is 13.0 Å². The minimum absolute atomic E-state index is 0.323. The maximum absolute atomic E-state index is 12.3. The van der Waals surface area contributed by atoms with Gasteiger partial charge in [0.1, 0.15) is 0 Å². The monoisotopic (exact) mass is 334 g/mol. The minimum Gasteiger partial charge on any atom is -0.462 e. The van der Waals surface area contributed by atoms with Gasteiger partial charge in [-0.15, -0.1) is 0 Å². The van der Waals surface area contributed by atoms with Crippen LogP contribution in [0.3, 0.4) is 0 Å². The van der Waals surface area contributed by atoms with Crippen LogP contribution in [0.1, 0.15) is 17.3 Å². The van der Waals surface area contributed by atoms with E-state index in [0.29, 0.717) is 17.2 Å². The van der Waals surface area contributed by atoms with E-state index in [0.717, 1.165) is 21.5 Å². The molecule has 0 unspecified atom stereocenters. The zero-order chi connectivity index (χ0) is 16.7. The van der Waals surface area contributed by atoms with Gasteiger partial charge in [0.15, 0.2) is 0 Å². The highest BCUT2D eigenvalue weighted by Crippen LogP contribution is 2.32. The van der Waals surface area contributed by atoms with Crippen LogP contribution < -0.4 is 0 Å². The lowest BCUT2D eigenvalue weighted by molar-refractivity contribution is 0.0529. The predicted molar refractivity (Wildman–Crippen MR) is 99.9 cm³/mol. The molecule has 0 saturated heterocycles. The Labute approximate surface area is 144 Å². The number of fused-ring (bicyclic) bond motifs is 3. The van der Waals surface area contributed by atoms with Gasteiger partial charge in [-0.05, 0) is 69.6 Å². The molecule has 4 rings (SSSR count). The van der Waals surface area contributed by atoms with E-state index in [9.17, 15) is 4.79 Å². The van der Waals surface area contributed by atoms with Crippen LogP contribution in [-0.2, 0) is 4.74 Å². The first-order chi connectivity index (χ1) is 11.7. The van der Waals surface area contributed by atoms with Crippen LogP contribution in [0.25, 0.3) is 32.3 Å². The van der Waals surface area contributed by atoms with E-state index in [1.165, 1.54) is 10.8 Å². The molecule has 24 heavy (non-hydrogen) atoms. The van der Waals surface area contributed by atoms with Gasteiger partial charge in [-0.2, -0.15) is 0 Å². The highest BCUT2D eigenvalue weighted by atomic mass is 35.5. The first kappa shape index (κ1) is 15.0. The standard InChI is InChI=1S/C21H15ClO2/c1-2-24-21(23)20-18-12-17-10-14-6-4-3-5-13(14)9-16(17)11-15(18)7-8-19(20)22/h3-12H,2H2,1H3. The van der Waals surface area contributed by atoms with Crippen molar-refractivity contribution in [3.63, 3.8) is 0 Å². The van der Waals surface area contributed by atoms with Crippen molar-refractivity contribution in [3.8, 4) is 0 Å². The molecule has 4 aromatic rings. The molecule has 0 aliphatic heterocycles. The SMILES string of the molecule is CCOC(=O)c1c(Cl)ccc2cc3cc4ccccc4cc3cc12. The van der Waals surface area contributed by atoms with Crippen molar-refractivity contribution in [1.82, 2.24) is 0 Å². The lowest BCUT2D eigenvalue weighted by Gasteiger charge is -2.10. The van der Waals surface area contributed by atoms with Gasteiger partial charge < -0.3 is 4.74 Å². The van der Waals surface area contributed by atoms with Crippen LogP contribution in [0.15, 0.2) is 60.7 Å². The van der Waals surface area contributed by atoms with Crippen LogP contribution in [0, 0.1) is 0 Å². The number of benzene rings is 4. The van der Waals surface area contributed by atoms with E-state index >= 15 is 0 Å². The molecule has 0 radical (unpaired) electrons. The third kappa shape index (κ3) is 2.40. The summed E-state index contributed by atoms with van der Waals surface area (Å²) in [4.78, 5) is 12.3. The van der Waals surface area contributed by atoms with Gasteiger partial charge >= 0.3 is 5.97 Å². The second-order valence-electron chi connectivity index (χ2n) is 5.76. The van der Waals surface area contributed by atoms with Gasteiger partial charge in [-0.3, -0.25) is 0 Å². The molecule has 2 nitrogen and oxygen atoms in total. The molecule has 0 N–H and O–H groups in total. The molecule has 0 atom stereocenters. The fraction of sp³-hybridized carbons (Fsp3) is 0.0952. The fourth-order valence-corrected chi connectivity index (χ4v) is 3.39. The largest absolute Gasteiger partial charge is 0.462 e. The smallest absolute Gasteiger partial charge is 0.340 e. The molecule has 4 aromatic carbocycles. The molecule has 118 valence electrons. The Hall–Kier alpha value is -2.58. The third-order valence-electron chi connectivity index (χ3n) is 4.27. The fourth-order valence-electron chi connectivity index (χ4n) is 3.15. The zero-order valence-corrected chi connectivity index (χ0v) is 13.9. The molecule has 0 amide bonds. The summed E-state index contributed by atoms with van der Waals surface area (Å²) in [6.45, 7) is 2.11. The van der Waals surface area contributed by atoms with Gasteiger partial charge in [0.2, 0.25) is 0 Å². The molecular formula is C21H15ClO2. The lowest BCUT2D eigenvalue weighted by Crippen LogP contribution is -2.06. The molecule has 0 fully saturated rings. The molecule has 0 spiro atoms. The van der Waals surface area contributed by atoms with Gasteiger partial charge in [0.05, 0.1) is 17.2 Å². The summed E-state index contributed by atoms with van der Waals surface area (Å²) in [6.07, 6.45) is 0. The number of carbonyl (C=O) groups excluding carboxylic acids is 1. The van der Waals surface area contributed by atoms with Crippen molar-refractivity contribution in [1.29, 1.82) is 0 Å². The minimum atomic E-state index is -0.381. The van der Waals surface area contributed by atoms with E-state index in [4.69, 9.17) is 16.3 Å². The number of hydrogen-bond acceptors (Lipinski definition) is 2. The summed E-state index contributed by atoms with van der Waals surface area (Å²) in [5.74, 6) is -0.381. The molecule has 0 bridgehead atoms. The van der Waals surface area contributed by atoms with Crippen LogP contribution in [0.2, 0.25) is 5.02 Å². The Kier molecular flexibility index (Phi) is 3.62. The van der Waals surface area contributed by atoms with Crippen molar-refractivity contribution in [2.75, 3.05) is 6.61 Å². The maximum Gasteiger partial charge on any atom is 0.340 e. The van der Waals surface area contributed by atoms with Gasteiger partial charge in [0.25, 0.3) is 0 Å². The Balaban J connectivity index is 2.06. The van der Waals surface area contributed by atoms with Crippen molar-refractivity contribution in [2.45, 2.75) is 6.92 Å². The highest BCUT2D eigenvalue weighted by molar-refractivity contribution is 6.35. The molecule has 3 heteroatoms. The molecule has 0 saturated carbocycles. The normalized spacial score (nSPS) is 11.2. The summed E-state index contributed by atoms with van der Waals surface area (Å²) < 4.78 is 5.18. The van der Waals surface area contributed by atoms with E-state index in [1.807, 2.05) is 24.3 Å². The van der Waals surface area contributed by atoms with E-state index in [-0.39, 0.29) is 5.97 Å². The van der Waals surface area contributed by atoms with E-state index < -0.39 is 0 Å². The number of halogens is 1. The molecular weight excluding hydrogens is 320 g/mol. The van der Waals surface area contributed by atoms with Gasteiger partial charge in [-0.1, -0.05) is 41.9 Å². The Morgan fingerprint density at radius 1 is 0.875 bits per heavy atom. The first-order valence-corrected chi connectivity index (χ1v) is 8.27. The van der Waals surface area contributed by atoms with Gasteiger partial charge in [0, 0.05) is 0 Å². The van der Waals surface area contributed by atoms with Crippen molar-refractivity contribution < 1.29 is 9.53 Å². The topological polar surface area (TPSA) is 26.3 Å². The first-order valence-electron chi connectivity index (χ1n) is 7.89. The number of carbonyl (C=O) groups is 1. The van der Waals surface area contributed by atoms with E-state index in [2.05, 4.69) is 30.3 Å². The quantitative estimate of drug-likeness (QED) is 0.333. The average Bonchev–Trinajstić information content (AvgIpc) is 2.58. The Bertz CT molecular complexity index is 1100. The molecule has 0 aromatic heterocycles. The lowest BCUT2D eigenvalue weighted by atomic mass is 9.97. The number of ether oxygens (including phenoxy) is 1. The van der Waals surface area contributed by atoms with Crippen LogP contribution in [0.5, 0.6) is 0 Å². The number of esters is 1. The van der Waals surface area contributed by atoms with Crippen molar-refractivity contribution in [2.24, 2.45) is 0 Å². The number of rotatable bonds is 2. The molecule has 0 aliphatic carbocycles. The third-order valence-corrected chi connectivity index (χ3v) is 4.59. The van der Waals surface area contributed by atoms with Crippen LogP contribution in [0.4, 0.5) is 0 Å². The predicted octanol–water partition coefficient (Wildman–Crippen LogP) is 5.98. The molecule has 0 heterocycles.